The predicted molar refractivity (Wildman–Crippen MR) is 95.0 cm³/mol. The van der Waals surface area contributed by atoms with E-state index in [2.05, 4.69) is 15.6 Å². The van der Waals surface area contributed by atoms with Crippen molar-refractivity contribution in [1.29, 1.82) is 0 Å². The summed E-state index contributed by atoms with van der Waals surface area (Å²) in [6.45, 7) is 1.10. The highest BCUT2D eigenvalue weighted by Crippen LogP contribution is 2.27. The van der Waals surface area contributed by atoms with Gasteiger partial charge in [0.1, 0.15) is 0 Å². The van der Waals surface area contributed by atoms with Crippen LogP contribution in [-0.4, -0.2) is 80.7 Å². The normalized spacial score (nSPS) is 22.3. The second kappa shape index (κ2) is 9.43. The van der Waals surface area contributed by atoms with Crippen molar-refractivity contribution in [2.75, 3.05) is 46.8 Å². The first-order chi connectivity index (χ1) is 12.3. The van der Waals surface area contributed by atoms with Crippen LogP contribution in [0.4, 0.5) is 13.2 Å². The molecular weight excluding hydrogens is 347 g/mol. The Morgan fingerprint density at radius 1 is 1.27 bits per heavy atom. The lowest BCUT2D eigenvalue weighted by Crippen LogP contribution is -2.47. The number of nitrogens with one attached hydrogen (secondary N) is 2. The number of carbonyl (C=O) groups excluding carboxylic acids is 1. The van der Waals surface area contributed by atoms with Crippen LogP contribution in [0.3, 0.4) is 0 Å². The van der Waals surface area contributed by atoms with E-state index in [9.17, 15) is 18.0 Å². The Labute approximate surface area is 153 Å². The molecule has 6 nitrogen and oxygen atoms in total. The standard InChI is InChI=1S/C17H30F3N5O/c1-21-16(22-8-10-24(2)12-17(18,19)20)23-14-7-9-25(11-14)15(26)13-5-3-4-6-13/h13-14H,3-12H2,1-2H3,(H2,21,22,23). The van der Waals surface area contributed by atoms with Crippen LogP contribution in [0.15, 0.2) is 4.99 Å². The molecule has 26 heavy (non-hydrogen) atoms. The smallest absolute Gasteiger partial charge is 0.355 e. The van der Waals surface area contributed by atoms with Crippen LogP contribution in [0, 0.1) is 5.92 Å². The maximum absolute atomic E-state index is 12.5. The number of nitrogens with zero attached hydrogens (tertiary/aromatic N) is 3. The summed E-state index contributed by atoms with van der Waals surface area (Å²) in [5, 5.41) is 6.31. The van der Waals surface area contributed by atoms with Gasteiger partial charge in [-0.15, -0.1) is 0 Å². The molecule has 2 N–H and O–H groups in total. The van der Waals surface area contributed by atoms with Crippen molar-refractivity contribution in [3.05, 3.63) is 0 Å². The average Bonchev–Trinajstić information content (AvgIpc) is 3.23. The second-order valence-corrected chi connectivity index (χ2v) is 7.25. The van der Waals surface area contributed by atoms with Gasteiger partial charge in [0.05, 0.1) is 6.54 Å². The average molecular weight is 377 g/mol. The quantitative estimate of drug-likeness (QED) is 0.543. The molecule has 1 unspecified atom stereocenters. The fourth-order valence-corrected chi connectivity index (χ4v) is 3.65. The Bertz CT molecular complexity index is 491. The summed E-state index contributed by atoms with van der Waals surface area (Å²) < 4.78 is 36.9. The molecule has 0 spiro atoms. The third kappa shape index (κ3) is 6.66. The number of halogens is 3. The van der Waals surface area contributed by atoms with Crippen LogP contribution in [0.2, 0.25) is 0 Å². The Morgan fingerprint density at radius 3 is 2.58 bits per heavy atom. The molecule has 0 bridgehead atoms. The van der Waals surface area contributed by atoms with E-state index in [1.54, 1.807) is 7.05 Å². The topological polar surface area (TPSA) is 60.0 Å². The second-order valence-electron chi connectivity index (χ2n) is 7.25. The van der Waals surface area contributed by atoms with E-state index in [1.165, 1.54) is 11.9 Å². The zero-order valence-electron chi connectivity index (χ0n) is 15.6. The van der Waals surface area contributed by atoms with Crippen molar-refractivity contribution < 1.29 is 18.0 Å². The number of hydrogen-bond donors (Lipinski definition) is 2. The number of aliphatic imine (C=N–C) groups is 1. The van der Waals surface area contributed by atoms with Crippen molar-refractivity contribution in [1.82, 2.24) is 20.4 Å². The number of likely N-dealkylation sites (tertiary alicyclic amines) is 1. The Hall–Kier alpha value is -1.51. The van der Waals surface area contributed by atoms with Gasteiger partial charge in [-0.2, -0.15) is 13.2 Å². The summed E-state index contributed by atoms with van der Waals surface area (Å²) in [6, 6.07) is 0.124. The maximum Gasteiger partial charge on any atom is 0.401 e. The number of guanidine groups is 1. The largest absolute Gasteiger partial charge is 0.401 e. The van der Waals surface area contributed by atoms with E-state index in [0.717, 1.165) is 38.6 Å². The highest BCUT2D eigenvalue weighted by atomic mass is 19.4. The molecule has 0 aromatic heterocycles. The van der Waals surface area contributed by atoms with Crippen molar-refractivity contribution >= 4 is 11.9 Å². The molecule has 150 valence electrons. The van der Waals surface area contributed by atoms with Crippen molar-refractivity contribution in [3.63, 3.8) is 0 Å². The highest BCUT2D eigenvalue weighted by molar-refractivity contribution is 5.81. The fraction of sp³-hybridized carbons (Fsp3) is 0.882. The van der Waals surface area contributed by atoms with E-state index in [1.807, 2.05) is 4.90 Å². The minimum Gasteiger partial charge on any atom is -0.355 e. The summed E-state index contributed by atoms with van der Waals surface area (Å²) in [5.74, 6) is 1.02. The van der Waals surface area contributed by atoms with Gasteiger partial charge < -0.3 is 15.5 Å². The van der Waals surface area contributed by atoms with E-state index < -0.39 is 12.7 Å². The summed E-state index contributed by atoms with van der Waals surface area (Å²) in [6.07, 6.45) is 0.960. The lowest BCUT2D eigenvalue weighted by atomic mass is 10.1. The first kappa shape index (κ1) is 20.8. The minimum absolute atomic E-state index is 0.124. The van der Waals surface area contributed by atoms with Gasteiger partial charge in [-0.25, -0.2) is 0 Å². The van der Waals surface area contributed by atoms with Crippen molar-refractivity contribution in [2.45, 2.75) is 44.3 Å². The van der Waals surface area contributed by atoms with Gasteiger partial charge in [0.25, 0.3) is 0 Å². The molecular formula is C17H30F3N5O. The van der Waals surface area contributed by atoms with Gasteiger partial charge in [-0.1, -0.05) is 12.8 Å². The fourth-order valence-electron chi connectivity index (χ4n) is 3.65. The molecule has 1 saturated heterocycles. The summed E-state index contributed by atoms with van der Waals surface area (Å²) in [5.41, 5.74) is 0. The Morgan fingerprint density at radius 2 is 1.96 bits per heavy atom. The first-order valence-electron chi connectivity index (χ1n) is 9.30. The van der Waals surface area contributed by atoms with Crippen molar-refractivity contribution in [3.8, 4) is 0 Å². The number of carbonyl (C=O) groups is 1. The number of likely N-dealkylation sites (N-methyl/N-ethyl adjacent to an activating group) is 1. The van der Waals surface area contributed by atoms with Gasteiger partial charge in [0, 0.05) is 45.2 Å². The van der Waals surface area contributed by atoms with Gasteiger partial charge in [0.15, 0.2) is 5.96 Å². The van der Waals surface area contributed by atoms with E-state index in [-0.39, 0.29) is 24.4 Å². The SMILES string of the molecule is CN=C(NCCN(C)CC(F)(F)F)NC1CCN(C(=O)C2CCCC2)C1. The van der Waals surface area contributed by atoms with Crippen LogP contribution in [0.25, 0.3) is 0 Å². The van der Waals surface area contributed by atoms with Gasteiger partial charge in [-0.3, -0.25) is 14.7 Å². The number of rotatable bonds is 6. The van der Waals surface area contributed by atoms with Crippen LogP contribution >= 0.6 is 0 Å². The highest BCUT2D eigenvalue weighted by Gasteiger charge is 2.32. The van der Waals surface area contributed by atoms with Gasteiger partial charge in [0.2, 0.25) is 5.91 Å². The van der Waals surface area contributed by atoms with Crippen molar-refractivity contribution in [2.24, 2.45) is 10.9 Å². The van der Waals surface area contributed by atoms with Gasteiger partial charge in [-0.05, 0) is 26.3 Å². The molecule has 0 radical (unpaired) electrons. The maximum atomic E-state index is 12.5. The monoisotopic (exact) mass is 377 g/mol. The van der Waals surface area contributed by atoms with Crippen LogP contribution in [0.1, 0.15) is 32.1 Å². The molecule has 1 atom stereocenters. The minimum atomic E-state index is -4.19. The third-order valence-corrected chi connectivity index (χ3v) is 5.00. The number of amides is 1. The predicted octanol–water partition coefficient (Wildman–Crippen LogP) is 1.44. The summed E-state index contributed by atoms with van der Waals surface area (Å²) in [7, 11) is 3.07. The Kier molecular flexibility index (Phi) is 7.55. The van der Waals surface area contributed by atoms with E-state index in [0.29, 0.717) is 19.0 Å². The van der Waals surface area contributed by atoms with Crippen LogP contribution < -0.4 is 10.6 Å². The van der Waals surface area contributed by atoms with E-state index >= 15 is 0 Å². The zero-order valence-corrected chi connectivity index (χ0v) is 15.6. The molecule has 9 heteroatoms. The molecule has 0 aromatic rings. The summed E-state index contributed by atoms with van der Waals surface area (Å²) in [4.78, 5) is 19.7. The number of hydrogen-bond acceptors (Lipinski definition) is 3. The lowest BCUT2D eigenvalue weighted by Gasteiger charge is -2.22. The number of alkyl halides is 3. The van der Waals surface area contributed by atoms with E-state index in [4.69, 9.17) is 0 Å². The Balaban J connectivity index is 1.69. The molecule has 2 aliphatic rings. The van der Waals surface area contributed by atoms with Crippen LogP contribution in [-0.2, 0) is 4.79 Å². The van der Waals surface area contributed by atoms with Gasteiger partial charge >= 0.3 is 6.18 Å². The first-order valence-corrected chi connectivity index (χ1v) is 9.30. The molecule has 2 rings (SSSR count). The molecule has 0 aromatic carbocycles. The van der Waals surface area contributed by atoms with Crippen LogP contribution in [0.5, 0.6) is 0 Å². The molecule has 1 aliphatic heterocycles. The molecule has 1 saturated carbocycles. The zero-order chi connectivity index (χ0) is 19.2. The summed E-state index contributed by atoms with van der Waals surface area (Å²) >= 11 is 0. The lowest BCUT2D eigenvalue weighted by molar-refractivity contribution is -0.142. The third-order valence-electron chi connectivity index (χ3n) is 5.00. The molecule has 1 heterocycles. The molecule has 2 fully saturated rings. The molecule has 1 aliphatic carbocycles. The molecule has 1 amide bonds.